The van der Waals surface area contributed by atoms with E-state index in [0.717, 1.165) is 5.56 Å². The highest BCUT2D eigenvalue weighted by molar-refractivity contribution is 6.58. The van der Waals surface area contributed by atoms with Gasteiger partial charge in [-0.15, -0.1) is 0 Å². The Morgan fingerprint density at radius 2 is 1.27 bits per heavy atom. The second kappa shape index (κ2) is 5.20. The lowest BCUT2D eigenvalue weighted by molar-refractivity contribution is 0.425. The molecule has 0 aliphatic heterocycles. The van der Waals surface area contributed by atoms with Gasteiger partial charge in [0.15, 0.2) is 0 Å². The molecule has 0 atom stereocenters. The maximum Gasteiger partial charge on any atom is 0.488 e. The van der Waals surface area contributed by atoms with Crippen molar-refractivity contribution in [3.8, 4) is 11.1 Å². The lowest BCUT2D eigenvalue weighted by atomic mass is 9.75. The van der Waals surface area contributed by atoms with Crippen LogP contribution in [-0.4, -0.2) is 17.2 Å². The Bertz CT molecular complexity index is 1190. The molecule has 0 saturated heterocycles. The molecule has 1 aliphatic rings. The number of hydrogen-bond donors (Lipinski definition) is 2. The van der Waals surface area contributed by atoms with E-state index in [9.17, 15) is 10.0 Å². The lowest BCUT2D eigenvalue weighted by Crippen LogP contribution is -2.31. The molecule has 26 heavy (non-hydrogen) atoms. The second-order valence-electron chi connectivity index (χ2n) is 7.75. The van der Waals surface area contributed by atoms with E-state index in [-0.39, 0.29) is 5.41 Å². The number of benzene rings is 4. The quantitative estimate of drug-likeness (QED) is 0.407. The maximum atomic E-state index is 9.56. The van der Waals surface area contributed by atoms with Crippen molar-refractivity contribution >= 4 is 34.1 Å². The van der Waals surface area contributed by atoms with E-state index in [4.69, 9.17) is 0 Å². The molecule has 0 saturated carbocycles. The molecule has 5 rings (SSSR count). The van der Waals surface area contributed by atoms with Crippen LogP contribution in [0.5, 0.6) is 0 Å². The molecule has 0 fully saturated rings. The summed E-state index contributed by atoms with van der Waals surface area (Å²) in [5.41, 5.74) is 5.24. The predicted molar refractivity (Wildman–Crippen MR) is 109 cm³/mol. The summed E-state index contributed by atoms with van der Waals surface area (Å²) < 4.78 is 0. The predicted octanol–water partition coefficient (Wildman–Crippen LogP) is 3.98. The van der Waals surface area contributed by atoms with Crippen LogP contribution in [-0.2, 0) is 5.41 Å². The van der Waals surface area contributed by atoms with Crippen LogP contribution >= 0.6 is 0 Å². The zero-order valence-electron chi connectivity index (χ0n) is 14.8. The van der Waals surface area contributed by atoms with Crippen molar-refractivity contribution in [2.75, 3.05) is 0 Å². The summed E-state index contributed by atoms with van der Waals surface area (Å²) in [5.74, 6) is 0. The van der Waals surface area contributed by atoms with E-state index < -0.39 is 7.12 Å². The van der Waals surface area contributed by atoms with Crippen LogP contribution < -0.4 is 5.46 Å². The Balaban J connectivity index is 1.82. The van der Waals surface area contributed by atoms with Crippen molar-refractivity contribution in [1.82, 2.24) is 0 Å². The SMILES string of the molecule is CC1(C)c2cc(B(O)O)ccc2-c2cc3cc4ccccc4cc3cc21. The molecule has 4 aromatic carbocycles. The molecular formula is C23H19BO2. The van der Waals surface area contributed by atoms with Crippen molar-refractivity contribution in [2.24, 2.45) is 0 Å². The third-order valence-electron chi connectivity index (χ3n) is 5.82. The molecule has 0 radical (unpaired) electrons. The Morgan fingerprint density at radius 3 is 1.92 bits per heavy atom. The number of fused-ring (bicyclic) bond motifs is 5. The molecule has 0 unspecified atom stereocenters. The summed E-state index contributed by atoms with van der Waals surface area (Å²) in [4.78, 5) is 0. The summed E-state index contributed by atoms with van der Waals surface area (Å²) in [6.45, 7) is 4.41. The van der Waals surface area contributed by atoms with Crippen molar-refractivity contribution in [3.63, 3.8) is 0 Å². The van der Waals surface area contributed by atoms with Gasteiger partial charge in [-0.25, -0.2) is 0 Å². The van der Waals surface area contributed by atoms with Crippen LogP contribution in [0.2, 0.25) is 0 Å². The van der Waals surface area contributed by atoms with E-state index >= 15 is 0 Å². The molecule has 1 aliphatic carbocycles. The maximum absolute atomic E-state index is 9.56. The van der Waals surface area contributed by atoms with E-state index in [2.05, 4.69) is 62.4 Å². The standard InChI is InChI=1S/C23H19BO2/c1-23(2)21-12-17-10-15-6-4-3-5-14(15)9-16(17)11-20(21)19-8-7-18(24(25)26)13-22(19)23/h3-13,25-26H,1-2H3. The molecular weight excluding hydrogens is 319 g/mol. The molecule has 2 nitrogen and oxygen atoms in total. The fraction of sp³-hybridized carbons (Fsp3) is 0.130. The highest BCUT2D eigenvalue weighted by atomic mass is 16.4. The lowest BCUT2D eigenvalue weighted by Gasteiger charge is -2.22. The van der Waals surface area contributed by atoms with Crippen molar-refractivity contribution in [2.45, 2.75) is 19.3 Å². The molecule has 126 valence electrons. The van der Waals surface area contributed by atoms with Gasteiger partial charge in [0.1, 0.15) is 0 Å². The molecule has 0 aromatic heterocycles. The highest BCUT2D eigenvalue weighted by Gasteiger charge is 2.36. The zero-order valence-corrected chi connectivity index (χ0v) is 14.8. The Kier molecular flexibility index (Phi) is 3.12. The normalized spacial score (nSPS) is 14.5. The van der Waals surface area contributed by atoms with Crippen molar-refractivity contribution < 1.29 is 10.0 Å². The summed E-state index contributed by atoms with van der Waals surface area (Å²) in [5, 5.41) is 24.1. The van der Waals surface area contributed by atoms with Gasteiger partial charge in [0.2, 0.25) is 0 Å². The largest absolute Gasteiger partial charge is 0.488 e. The number of hydrogen-bond acceptors (Lipinski definition) is 2. The minimum atomic E-state index is -1.44. The summed E-state index contributed by atoms with van der Waals surface area (Å²) in [6.07, 6.45) is 0. The zero-order chi connectivity index (χ0) is 18.1. The van der Waals surface area contributed by atoms with E-state index in [1.165, 1.54) is 38.2 Å². The van der Waals surface area contributed by atoms with Gasteiger partial charge in [0.25, 0.3) is 0 Å². The van der Waals surface area contributed by atoms with Gasteiger partial charge in [-0.2, -0.15) is 0 Å². The fourth-order valence-electron chi connectivity index (χ4n) is 4.35. The highest BCUT2D eigenvalue weighted by Crippen LogP contribution is 2.49. The van der Waals surface area contributed by atoms with Gasteiger partial charge >= 0.3 is 7.12 Å². The van der Waals surface area contributed by atoms with Gasteiger partial charge in [-0.1, -0.05) is 56.3 Å². The van der Waals surface area contributed by atoms with Crippen LogP contribution in [0.1, 0.15) is 25.0 Å². The topological polar surface area (TPSA) is 40.5 Å². The Labute approximate surface area is 152 Å². The number of rotatable bonds is 1. The average Bonchev–Trinajstić information content (AvgIpc) is 2.85. The summed E-state index contributed by atoms with van der Waals surface area (Å²) >= 11 is 0. The van der Waals surface area contributed by atoms with Gasteiger partial charge in [-0.05, 0) is 73.5 Å². The first-order valence-electron chi connectivity index (χ1n) is 8.93. The minimum absolute atomic E-state index is 0.171. The third kappa shape index (κ3) is 2.08. The van der Waals surface area contributed by atoms with Crippen LogP contribution in [0.15, 0.2) is 66.7 Å². The van der Waals surface area contributed by atoms with Gasteiger partial charge < -0.3 is 10.0 Å². The van der Waals surface area contributed by atoms with E-state index in [1.807, 2.05) is 12.1 Å². The first-order valence-corrected chi connectivity index (χ1v) is 8.93. The molecule has 4 aromatic rings. The van der Waals surface area contributed by atoms with Gasteiger partial charge in [0, 0.05) is 5.41 Å². The van der Waals surface area contributed by atoms with Gasteiger partial charge in [-0.3, -0.25) is 0 Å². The minimum Gasteiger partial charge on any atom is -0.423 e. The first-order chi connectivity index (χ1) is 12.4. The monoisotopic (exact) mass is 338 g/mol. The molecule has 3 heteroatoms. The Morgan fingerprint density at radius 1 is 0.654 bits per heavy atom. The van der Waals surface area contributed by atoms with Crippen molar-refractivity contribution in [3.05, 3.63) is 77.9 Å². The summed E-state index contributed by atoms with van der Waals surface area (Å²) in [6, 6.07) is 23.3. The van der Waals surface area contributed by atoms with Crippen LogP contribution in [0.3, 0.4) is 0 Å². The Hall–Kier alpha value is -2.62. The van der Waals surface area contributed by atoms with Crippen molar-refractivity contribution in [1.29, 1.82) is 0 Å². The average molecular weight is 338 g/mol. The first kappa shape index (κ1) is 15.6. The molecule has 0 heterocycles. The fourth-order valence-corrected chi connectivity index (χ4v) is 4.35. The van der Waals surface area contributed by atoms with Crippen LogP contribution in [0.25, 0.3) is 32.7 Å². The smallest absolute Gasteiger partial charge is 0.423 e. The van der Waals surface area contributed by atoms with Crippen LogP contribution in [0, 0.1) is 0 Å². The van der Waals surface area contributed by atoms with Crippen LogP contribution in [0.4, 0.5) is 0 Å². The molecule has 0 spiro atoms. The van der Waals surface area contributed by atoms with E-state index in [0.29, 0.717) is 5.46 Å². The van der Waals surface area contributed by atoms with E-state index in [1.54, 1.807) is 6.07 Å². The molecule has 2 N–H and O–H groups in total. The summed E-state index contributed by atoms with van der Waals surface area (Å²) in [7, 11) is -1.44. The van der Waals surface area contributed by atoms with Gasteiger partial charge in [0.05, 0.1) is 0 Å². The third-order valence-corrected chi connectivity index (χ3v) is 5.82. The molecule has 0 bridgehead atoms. The second-order valence-corrected chi connectivity index (χ2v) is 7.75. The molecule has 0 amide bonds.